The van der Waals surface area contributed by atoms with Crippen LogP contribution >= 0.6 is 7.75 Å². The third-order valence-electron chi connectivity index (χ3n) is 4.40. The van der Waals surface area contributed by atoms with Gasteiger partial charge < -0.3 is 9.79 Å². The molecule has 0 aromatic heterocycles. The van der Waals surface area contributed by atoms with E-state index in [0.717, 1.165) is 24.3 Å². The molecule has 0 aliphatic rings. The van der Waals surface area contributed by atoms with Crippen molar-refractivity contribution in [2.75, 3.05) is 26.2 Å². The Hall–Kier alpha value is -2.83. The Balaban J connectivity index is 2.06. The third-order valence-corrected chi connectivity index (χ3v) is 8.55. The maximum absolute atomic E-state index is 12.4. The lowest BCUT2D eigenvalue weighted by Crippen LogP contribution is -2.38. The Morgan fingerprint density at radius 2 is 1.11 bits per heavy atom. The van der Waals surface area contributed by atoms with E-state index in [2.05, 4.69) is 0 Å². The average Bonchev–Trinajstić information content (AvgIpc) is 2.77. The van der Waals surface area contributed by atoms with Crippen molar-refractivity contribution < 1.29 is 41.0 Å². The van der Waals surface area contributed by atoms with Gasteiger partial charge in [0, 0.05) is 38.3 Å². The highest BCUT2D eigenvalue weighted by Gasteiger charge is 2.29. The fourth-order valence-electron chi connectivity index (χ4n) is 2.82. The van der Waals surface area contributed by atoms with E-state index < -0.39 is 85.0 Å². The quantitative estimate of drug-likeness (QED) is 0.147. The van der Waals surface area contributed by atoms with Crippen molar-refractivity contribution in [3.05, 3.63) is 68.8 Å². The van der Waals surface area contributed by atoms with Gasteiger partial charge in [0.05, 0.1) is 9.85 Å². The first-order valence-electron chi connectivity index (χ1n) is 9.44. The summed E-state index contributed by atoms with van der Waals surface area (Å²) in [4.78, 5) is 38.0. The number of nitrogens with one attached hydrogen (secondary N) is 2. The van der Waals surface area contributed by atoms with Crippen LogP contribution in [0.4, 0.5) is 11.4 Å². The number of nitro groups is 2. The van der Waals surface area contributed by atoms with Crippen LogP contribution in [0.3, 0.4) is 0 Å². The molecule has 0 aliphatic heterocycles. The fourth-order valence-corrected chi connectivity index (χ4v) is 5.92. The molecule has 0 spiro atoms. The van der Waals surface area contributed by atoms with Gasteiger partial charge in [0.15, 0.2) is 9.79 Å². The molecule has 0 saturated carbocycles. The number of nitro benzene ring substituents is 2. The van der Waals surface area contributed by atoms with Gasteiger partial charge in [0.25, 0.3) is 11.4 Å². The van der Waals surface area contributed by atoms with Crippen molar-refractivity contribution in [2.24, 2.45) is 0 Å². The van der Waals surface area contributed by atoms with Crippen LogP contribution < -0.4 is 9.44 Å². The van der Waals surface area contributed by atoms with E-state index in [0.29, 0.717) is 4.67 Å². The Morgan fingerprint density at radius 3 is 1.43 bits per heavy atom. The minimum atomic E-state index is -4.99. The van der Waals surface area contributed by atoms with Crippen molar-refractivity contribution >= 4 is 39.2 Å². The van der Waals surface area contributed by atoms with Gasteiger partial charge in [-0.25, -0.2) is 35.5 Å². The van der Waals surface area contributed by atoms with E-state index in [1.54, 1.807) is 0 Å². The lowest BCUT2D eigenvalue weighted by molar-refractivity contribution is -0.388. The van der Waals surface area contributed by atoms with E-state index >= 15 is 0 Å². The molecular formula is C16H20N5O11PS2. The summed E-state index contributed by atoms with van der Waals surface area (Å²) >= 11 is 0. The number of benzene rings is 2. The molecule has 4 N–H and O–H groups in total. The zero-order chi connectivity index (χ0) is 26.4. The first-order valence-corrected chi connectivity index (χ1v) is 14.0. The minimum absolute atomic E-state index is 0.469. The van der Waals surface area contributed by atoms with Crippen molar-refractivity contribution in [1.29, 1.82) is 0 Å². The van der Waals surface area contributed by atoms with Crippen molar-refractivity contribution in [3.8, 4) is 0 Å². The summed E-state index contributed by atoms with van der Waals surface area (Å²) in [5, 5.41) is 22.1. The largest absolute Gasteiger partial charge is 0.403 e. The molecular weight excluding hydrogens is 533 g/mol. The summed E-state index contributed by atoms with van der Waals surface area (Å²) in [6, 6.07) is 8.95. The number of sulfonamides is 2. The molecule has 192 valence electrons. The molecule has 16 nitrogen and oxygen atoms in total. The molecule has 2 aromatic rings. The van der Waals surface area contributed by atoms with Crippen LogP contribution in [-0.2, 0) is 24.6 Å². The molecule has 0 bridgehead atoms. The smallest absolute Gasteiger partial charge is 0.312 e. The lowest BCUT2D eigenvalue weighted by atomic mass is 10.3. The lowest BCUT2D eigenvalue weighted by Gasteiger charge is -2.23. The van der Waals surface area contributed by atoms with Gasteiger partial charge in [-0.1, -0.05) is 24.3 Å². The van der Waals surface area contributed by atoms with E-state index in [1.165, 1.54) is 24.3 Å². The molecule has 2 aromatic carbocycles. The van der Waals surface area contributed by atoms with Crippen LogP contribution in [0.1, 0.15) is 0 Å². The number of hydrogen-bond donors (Lipinski definition) is 4. The van der Waals surface area contributed by atoms with Crippen LogP contribution in [0.25, 0.3) is 0 Å². The van der Waals surface area contributed by atoms with E-state index in [1.807, 2.05) is 9.44 Å². The van der Waals surface area contributed by atoms with Gasteiger partial charge in [0.2, 0.25) is 20.0 Å². The van der Waals surface area contributed by atoms with Gasteiger partial charge in [-0.3, -0.25) is 20.2 Å². The first-order chi connectivity index (χ1) is 16.2. The number of para-hydroxylation sites is 2. The van der Waals surface area contributed by atoms with E-state index in [-0.39, 0.29) is 0 Å². The fraction of sp³-hybridized carbons (Fsp3) is 0.250. The SMILES string of the molecule is O=[N+]([O-])c1ccccc1S(=O)(=O)NCCN(CCNS(=O)(=O)c1ccccc1[N+](=O)[O-])P(=O)(O)O. The van der Waals surface area contributed by atoms with Crippen LogP contribution in [0.2, 0.25) is 0 Å². The Bertz CT molecular complexity index is 1270. The summed E-state index contributed by atoms with van der Waals surface area (Å²) in [5.41, 5.74) is -1.40. The topological polar surface area (TPSA) is 239 Å². The predicted octanol–water partition coefficient (Wildman–Crippen LogP) is 0.155. The number of rotatable bonds is 13. The Labute approximate surface area is 199 Å². The number of hydrogen-bond acceptors (Lipinski definition) is 9. The molecule has 0 fully saturated rings. The molecule has 19 heteroatoms. The van der Waals surface area contributed by atoms with E-state index in [9.17, 15) is 51.4 Å². The third kappa shape index (κ3) is 7.58. The highest BCUT2D eigenvalue weighted by atomic mass is 32.2. The van der Waals surface area contributed by atoms with Crippen molar-refractivity contribution in [1.82, 2.24) is 14.1 Å². The van der Waals surface area contributed by atoms with Gasteiger partial charge >= 0.3 is 7.75 Å². The van der Waals surface area contributed by atoms with Crippen LogP contribution in [0.15, 0.2) is 58.3 Å². The number of nitrogens with zero attached hydrogens (tertiary/aromatic N) is 3. The van der Waals surface area contributed by atoms with Gasteiger partial charge in [-0.15, -0.1) is 0 Å². The molecule has 0 amide bonds. The molecule has 0 unspecified atom stereocenters. The summed E-state index contributed by atoms with van der Waals surface area (Å²) in [6.45, 7) is -2.37. The zero-order valence-corrected chi connectivity index (χ0v) is 20.1. The van der Waals surface area contributed by atoms with Gasteiger partial charge in [-0.2, -0.15) is 0 Å². The standard InChI is InChI=1S/C16H20N5O11PS2/c22-20(23)13-5-1-3-7-15(13)34(29,30)17-9-11-19(33(26,27)28)12-10-18-35(31,32)16-8-4-2-6-14(16)21(24)25/h1-8,17-18H,9-12H2,(H2,26,27,28). The molecule has 0 aliphatic carbocycles. The minimum Gasteiger partial charge on any atom is -0.312 e. The second-order valence-electron chi connectivity index (χ2n) is 6.71. The van der Waals surface area contributed by atoms with Crippen molar-refractivity contribution in [2.45, 2.75) is 9.79 Å². The second-order valence-corrected chi connectivity index (χ2v) is 11.8. The summed E-state index contributed by atoms with van der Waals surface area (Å²) < 4.78 is 65.8. The molecule has 0 radical (unpaired) electrons. The normalized spacial score (nSPS) is 12.5. The maximum Gasteiger partial charge on any atom is 0.403 e. The van der Waals surface area contributed by atoms with Crippen LogP contribution in [0.5, 0.6) is 0 Å². The van der Waals surface area contributed by atoms with Gasteiger partial charge in [-0.05, 0) is 12.1 Å². The summed E-state index contributed by atoms with van der Waals surface area (Å²) in [7, 11) is -13.8. The van der Waals surface area contributed by atoms with Crippen LogP contribution in [-0.4, -0.2) is 67.3 Å². The molecule has 2 rings (SSSR count). The monoisotopic (exact) mass is 553 g/mol. The molecule has 0 saturated heterocycles. The summed E-state index contributed by atoms with van der Waals surface area (Å²) in [5.74, 6) is 0. The highest BCUT2D eigenvalue weighted by molar-refractivity contribution is 7.90. The van der Waals surface area contributed by atoms with E-state index in [4.69, 9.17) is 0 Å². The molecule has 0 heterocycles. The van der Waals surface area contributed by atoms with Crippen LogP contribution in [0, 0.1) is 20.2 Å². The zero-order valence-electron chi connectivity index (χ0n) is 17.6. The summed E-state index contributed by atoms with van der Waals surface area (Å²) in [6.07, 6.45) is 0. The van der Waals surface area contributed by atoms with Crippen molar-refractivity contribution in [3.63, 3.8) is 0 Å². The maximum atomic E-state index is 12.4. The predicted molar refractivity (Wildman–Crippen MR) is 120 cm³/mol. The highest BCUT2D eigenvalue weighted by Crippen LogP contribution is 2.39. The average molecular weight is 553 g/mol. The second kappa shape index (κ2) is 11.3. The Morgan fingerprint density at radius 1 is 0.771 bits per heavy atom. The Kier molecular flexibility index (Phi) is 9.15. The van der Waals surface area contributed by atoms with Gasteiger partial charge in [0.1, 0.15) is 0 Å². The first kappa shape index (κ1) is 28.4. The molecule has 35 heavy (non-hydrogen) atoms. The molecule has 0 atom stereocenters.